The lowest BCUT2D eigenvalue weighted by atomic mass is 10.1. The third-order valence-corrected chi connectivity index (χ3v) is 3.06. The standard InChI is InChI=1S/C12H15BrN2O2/c1-8-12(16)15-10-6-9(4-5-14-7-13)2-3-11(10)17-8/h2-3,6,8,14H,4-5,7H2,1H3,(H,15,16). The van der Waals surface area contributed by atoms with Gasteiger partial charge in [0.15, 0.2) is 6.10 Å². The van der Waals surface area contributed by atoms with Crippen LogP contribution >= 0.6 is 15.9 Å². The fraction of sp³-hybridized carbons (Fsp3) is 0.417. The van der Waals surface area contributed by atoms with E-state index in [0.29, 0.717) is 0 Å². The summed E-state index contributed by atoms with van der Waals surface area (Å²) in [6, 6.07) is 5.91. The molecule has 0 aliphatic carbocycles. The van der Waals surface area contributed by atoms with Gasteiger partial charge in [-0.05, 0) is 37.6 Å². The second kappa shape index (κ2) is 5.51. The number of alkyl halides is 1. The lowest BCUT2D eigenvalue weighted by Gasteiger charge is -2.23. The predicted molar refractivity (Wildman–Crippen MR) is 70.7 cm³/mol. The summed E-state index contributed by atoms with van der Waals surface area (Å²) < 4.78 is 5.49. The van der Waals surface area contributed by atoms with E-state index in [4.69, 9.17) is 4.74 Å². The predicted octanol–water partition coefficient (Wildman–Crippen LogP) is 1.89. The van der Waals surface area contributed by atoms with Crippen molar-refractivity contribution in [1.82, 2.24) is 5.32 Å². The number of fused-ring (bicyclic) bond motifs is 1. The zero-order valence-electron chi connectivity index (χ0n) is 9.63. The number of rotatable bonds is 4. The number of hydrogen-bond donors (Lipinski definition) is 2. The second-order valence-electron chi connectivity index (χ2n) is 3.96. The monoisotopic (exact) mass is 298 g/mol. The van der Waals surface area contributed by atoms with Gasteiger partial charge in [0.25, 0.3) is 5.91 Å². The van der Waals surface area contributed by atoms with Crippen LogP contribution in [-0.2, 0) is 11.2 Å². The van der Waals surface area contributed by atoms with Crippen molar-refractivity contribution in [2.75, 3.05) is 17.3 Å². The molecule has 1 aliphatic rings. The van der Waals surface area contributed by atoms with Gasteiger partial charge < -0.3 is 15.4 Å². The summed E-state index contributed by atoms with van der Waals surface area (Å²) in [5, 5.41) is 6.04. The first kappa shape index (κ1) is 12.4. The first-order valence-corrected chi connectivity index (χ1v) is 6.70. The van der Waals surface area contributed by atoms with Crippen molar-refractivity contribution in [3.63, 3.8) is 0 Å². The van der Waals surface area contributed by atoms with Gasteiger partial charge in [-0.25, -0.2) is 0 Å². The smallest absolute Gasteiger partial charge is 0.265 e. The van der Waals surface area contributed by atoms with Crippen LogP contribution in [-0.4, -0.2) is 24.0 Å². The normalized spacial score (nSPS) is 18.2. The molecule has 1 heterocycles. The van der Waals surface area contributed by atoms with Crippen LogP contribution < -0.4 is 15.4 Å². The molecule has 2 rings (SSSR count). The molecule has 0 saturated carbocycles. The molecule has 1 unspecified atom stereocenters. The van der Waals surface area contributed by atoms with Crippen molar-refractivity contribution >= 4 is 27.5 Å². The summed E-state index contributed by atoms with van der Waals surface area (Å²) in [5.74, 6) is 0.655. The van der Waals surface area contributed by atoms with Gasteiger partial charge in [-0.3, -0.25) is 4.79 Å². The van der Waals surface area contributed by atoms with E-state index in [2.05, 4.69) is 26.6 Å². The van der Waals surface area contributed by atoms with Crippen molar-refractivity contribution in [1.29, 1.82) is 0 Å². The van der Waals surface area contributed by atoms with E-state index >= 15 is 0 Å². The number of anilines is 1. The highest BCUT2D eigenvalue weighted by molar-refractivity contribution is 9.09. The van der Waals surface area contributed by atoms with Gasteiger partial charge in [0, 0.05) is 0 Å². The van der Waals surface area contributed by atoms with Gasteiger partial charge in [0.1, 0.15) is 5.75 Å². The second-order valence-corrected chi connectivity index (χ2v) is 4.52. The highest BCUT2D eigenvalue weighted by atomic mass is 79.9. The minimum atomic E-state index is -0.414. The Kier molecular flexibility index (Phi) is 4.02. The highest BCUT2D eigenvalue weighted by Gasteiger charge is 2.23. The Hall–Kier alpha value is -1.07. The number of carbonyl (C=O) groups is 1. The number of carbonyl (C=O) groups excluding carboxylic acids is 1. The Morgan fingerprint density at radius 1 is 1.53 bits per heavy atom. The van der Waals surface area contributed by atoms with Crippen LogP contribution in [0.15, 0.2) is 18.2 Å². The quantitative estimate of drug-likeness (QED) is 0.507. The fourth-order valence-corrected chi connectivity index (χ4v) is 1.99. The number of halogens is 1. The Morgan fingerprint density at radius 3 is 3.12 bits per heavy atom. The molecule has 2 N–H and O–H groups in total. The van der Waals surface area contributed by atoms with Gasteiger partial charge >= 0.3 is 0 Å². The van der Waals surface area contributed by atoms with E-state index in [1.807, 2.05) is 18.2 Å². The summed E-state index contributed by atoms with van der Waals surface area (Å²) in [6.45, 7) is 2.64. The zero-order chi connectivity index (χ0) is 12.3. The van der Waals surface area contributed by atoms with Crippen molar-refractivity contribution in [3.05, 3.63) is 23.8 Å². The minimum Gasteiger partial charge on any atom is -0.479 e. The van der Waals surface area contributed by atoms with Gasteiger partial charge in [0.2, 0.25) is 0 Å². The maximum Gasteiger partial charge on any atom is 0.265 e. The van der Waals surface area contributed by atoms with Crippen molar-refractivity contribution < 1.29 is 9.53 Å². The Bertz CT molecular complexity index is 423. The summed E-state index contributed by atoms with van der Waals surface area (Å²) >= 11 is 3.31. The van der Waals surface area contributed by atoms with E-state index in [-0.39, 0.29) is 5.91 Å². The number of nitrogens with one attached hydrogen (secondary N) is 2. The molecule has 1 amide bonds. The molecule has 0 spiro atoms. The van der Waals surface area contributed by atoms with E-state index in [0.717, 1.165) is 29.9 Å². The molecule has 1 aromatic rings. The number of ether oxygens (including phenoxy) is 1. The Morgan fingerprint density at radius 2 is 2.35 bits per heavy atom. The SMILES string of the molecule is CC1Oc2ccc(CCNCBr)cc2NC1=O. The van der Waals surface area contributed by atoms with Crippen molar-refractivity contribution in [2.45, 2.75) is 19.4 Å². The minimum absolute atomic E-state index is 0.0896. The van der Waals surface area contributed by atoms with Crippen molar-refractivity contribution in [2.24, 2.45) is 0 Å². The molecule has 92 valence electrons. The average molecular weight is 299 g/mol. The van der Waals surface area contributed by atoms with E-state index in [1.165, 1.54) is 5.56 Å². The van der Waals surface area contributed by atoms with E-state index < -0.39 is 6.10 Å². The molecule has 1 aliphatic heterocycles. The molecular formula is C12H15BrN2O2. The molecule has 0 saturated heterocycles. The Balaban J connectivity index is 2.09. The molecule has 0 aromatic heterocycles. The van der Waals surface area contributed by atoms with Crippen LogP contribution in [0.1, 0.15) is 12.5 Å². The molecule has 4 nitrogen and oxygen atoms in total. The summed E-state index contributed by atoms with van der Waals surface area (Å²) in [6.07, 6.45) is 0.507. The molecule has 1 atom stereocenters. The number of benzene rings is 1. The van der Waals surface area contributed by atoms with Crippen LogP contribution in [0.25, 0.3) is 0 Å². The van der Waals surface area contributed by atoms with Crippen LogP contribution in [0.5, 0.6) is 5.75 Å². The molecule has 17 heavy (non-hydrogen) atoms. The van der Waals surface area contributed by atoms with E-state index in [9.17, 15) is 4.79 Å². The molecular weight excluding hydrogens is 284 g/mol. The molecule has 5 heteroatoms. The van der Waals surface area contributed by atoms with Crippen LogP contribution in [0.3, 0.4) is 0 Å². The lowest BCUT2D eigenvalue weighted by molar-refractivity contribution is -0.122. The molecule has 0 fully saturated rings. The maximum absolute atomic E-state index is 11.5. The van der Waals surface area contributed by atoms with Crippen LogP contribution in [0, 0.1) is 0 Å². The maximum atomic E-state index is 11.5. The highest BCUT2D eigenvalue weighted by Crippen LogP contribution is 2.30. The van der Waals surface area contributed by atoms with Crippen LogP contribution in [0.4, 0.5) is 5.69 Å². The summed E-state index contributed by atoms with van der Waals surface area (Å²) in [5.41, 5.74) is 2.73. The van der Waals surface area contributed by atoms with Gasteiger partial charge in [-0.2, -0.15) is 0 Å². The summed E-state index contributed by atoms with van der Waals surface area (Å²) in [7, 11) is 0. The number of hydrogen-bond acceptors (Lipinski definition) is 3. The first-order valence-electron chi connectivity index (χ1n) is 5.58. The van der Waals surface area contributed by atoms with Crippen LogP contribution in [0.2, 0.25) is 0 Å². The molecule has 0 bridgehead atoms. The Labute approximate surface area is 109 Å². The van der Waals surface area contributed by atoms with E-state index in [1.54, 1.807) is 6.92 Å². The lowest BCUT2D eigenvalue weighted by Crippen LogP contribution is -2.34. The average Bonchev–Trinajstić information content (AvgIpc) is 2.31. The zero-order valence-corrected chi connectivity index (χ0v) is 11.2. The topological polar surface area (TPSA) is 50.4 Å². The first-order chi connectivity index (χ1) is 8.20. The number of amides is 1. The fourth-order valence-electron chi connectivity index (χ4n) is 1.71. The molecule has 1 aromatic carbocycles. The third kappa shape index (κ3) is 2.98. The largest absolute Gasteiger partial charge is 0.479 e. The van der Waals surface area contributed by atoms with Crippen molar-refractivity contribution in [3.8, 4) is 5.75 Å². The third-order valence-electron chi connectivity index (χ3n) is 2.66. The molecule has 0 radical (unpaired) electrons. The summed E-state index contributed by atoms with van der Waals surface area (Å²) in [4.78, 5) is 11.5. The van der Waals surface area contributed by atoms with Gasteiger partial charge in [-0.15, -0.1) is 0 Å². The van der Waals surface area contributed by atoms with Gasteiger partial charge in [-0.1, -0.05) is 22.0 Å². The van der Waals surface area contributed by atoms with Gasteiger partial charge in [0.05, 0.1) is 11.1 Å².